The van der Waals surface area contributed by atoms with Gasteiger partial charge in [-0.05, 0) is 54.8 Å². The van der Waals surface area contributed by atoms with E-state index in [1.165, 1.54) is 36.8 Å². The third-order valence-electron chi connectivity index (χ3n) is 4.56. The first-order chi connectivity index (χ1) is 12.1. The SMILES string of the molecule is CCCCN(CCCC)C[C@@H](O)c1ccc(-c2ccc(Br)cc2)cc1. The van der Waals surface area contributed by atoms with Crippen molar-refractivity contribution in [3.8, 4) is 11.1 Å². The van der Waals surface area contributed by atoms with E-state index >= 15 is 0 Å². The number of rotatable bonds is 10. The molecular formula is C22H30BrNO. The van der Waals surface area contributed by atoms with Gasteiger partial charge in [-0.1, -0.05) is 79.0 Å². The largest absolute Gasteiger partial charge is 0.387 e. The van der Waals surface area contributed by atoms with Gasteiger partial charge in [0, 0.05) is 11.0 Å². The second-order valence-electron chi connectivity index (χ2n) is 6.65. The van der Waals surface area contributed by atoms with Gasteiger partial charge in [-0.3, -0.25) is 0 Å². The lowest BCUT2D eigenvalue weighted by atomic mass is 10.0. The van der Waals surface area contributed by atoms with Crippen molar-refractivity contribution < 1.29 is 5.11 Å². The summed E-state index contributed by atoms with van der Waals surface area (Å²) in [5.74, 6) is 0. The molecule has 1 N–H and O–H groups in total. The second-order valence-corrected chi connectivity index (χ2v) is 7.57. The van der Waals surface area contributed by atoms with Crippen LogP contribution in [0.5, 0.6) is 0 Å². The summed E-state index contributed by atoms with van der Waals surface area (Å²) in [5.41, 5.74) is 3.37. The standard InChI is InChI=1S/C22H30BrNO/c1-3-5-15-24(16-6-4-2)17-22(25)20-9-7-18(8-10-20)19-11-13-21(23)14-12-19/h7-14,22,25H,3-6,15-17H2,1-2H3/t22-/m1/s1. The van der Waals surface area contributed by atoms with E-state index in [1.54, 1.807) is 0 Å². The minimum atomic E-state index is -0.423. The highest BCUT2D eigenvalue weighted by atomic mass is 79.9. The Balaban J connectivity index is 2.00. The fraction of sp³-hybridized carbons (Fsp3) is 0.455. The third kappa shape index (κ3) is 6.58. The molecule has 2 nitrogen and oxygen atoms in total. The average Bonchev–Trinajstić information content (AvgIpc) is 2.64. The fourth-order valence-electron chi connectivity index (χ4n) is 2.95. The van der Waals surface area contributed by atoms with Crippen LogP contribution in [0.2, 0.25) is 0 Å². The molecule has 0 saturated carbocycles. The smallest absolute Gasteiger partial charge is 0.0916 e. The van der Waals surface area contributed by atoms with Gasteiger partial charge in [0.15, 0.2) is 0 Å². The van der Waals surface area contributed by atoms with Gasteiger partial charge in [0.05, 0.1) is 6.10 Å². The van der Waals surface area contributed by atoms with E-state index < -0.39 is 6.10 Å². The minimum absolute atomic E-state index is 0.423. The number of halogens is 1. The van der Waals surface area contributed by atoms with Gasteiger partial charge >= 0.3 is 0 Å². The summed E-state index contributed by atoms with van der Waals surface area (Å²) in [6, 6.07) is 16.6. The normalized spacial score (nSPS) is 12.5. The van der Waals surface area contributed by atoms with Crippen LogP contribution in [0.25, 0.3) is 11.1 Å². The predicted octanol–water partition coefficient (Wildman–Crippen LogP) is 6.05. The Kier molecular flexibility index (Phi) is 8.66. The molecule has 2 rings (SSSR count). The van der Waals surface area contributed by atoms with Crippen LogP contribution in [0, 0.1) is 0 Å². The minimum Gasteiger partial charge on any atom is -0.387 e. The summed E-state index contributed by atoms with van der Waals surface area (Å²) in [5, 5.41) is 10.6. The maximum Gasteiger partial charge on any atom is 0.0916 e. The molecule has 0 fully saturated rings. The molecular weight excluding hydrogens is 374 g/mol. The molecule has 3 heteroatoms. The molecule has 0 aliphatic carbocycles. The second kappa shape index (κ2) is 10.7. The number of nitrogens with zero attached hydrogens (tertiary/aromatic N) is 1. The molecule has 2 aromatic carbocycles. The van der Waals surface area contributed by atoms with Crippen molar-refractivity contribution in [2.45, 2.75) is 45.6 Å². The first kappa shape index (κ1) is 20.2. The molecule has 0 aromatic heterocycles. The van der Waals surface area contributed by atoms with Crippen LogP contribution in [0.1, 0.15) is 51.2 Å². The third-order valence-corrected chi connectivity index (χ3v) is 5.09. The van der Waals surface area contributed by atoms with Gasteiger partial charge in [-0.15, -0.1) is 0 Å². The lowest BCUT2D eigenvalue weighted by Crippen LogP contribution is -2.30. The zero-order valence-corrected chi connectivity index (χ0v) is 17.0. The van der Waals surface area contributed by atoms with Crippen LogP contribution in [0.3, 0.4) is 0 Å². The van der Waals surface area contributed by atoms with Crippen molar-refractivity contribution >= 4 is 15.9 Å². The number of hydrogen-bond donors (Lipinski definition) is 1. The predicted molar refractivity (Wildman–Crippen MR) is 111 cm³/mol. The van der Waals surface area contributed by atoms with E-state index in [-0.39, 0.29) is 0 Å². The lowest BCUT2D eigenvalue weighted by molar-refractivity contribution is 0.111. The van der Waals surface area contributed by atoms with Gasteiger partial charge in [0.25, 0.3) is 0 Å². The fourth-order valence-corrected chi connectivity index (χ4v) is 3.21. The molecule has 0 saturated heterocycles. The summed E-state index contributed by atoms with van der Waals surface area (Å²) in [4.78, 5) is 2.40. The van der Waals surface area contributed by atoms with Crippen LogP contribution in [0.4, 0.5) is 0 Å². The van der Waals surface area contributed by atoms with Gasteiger partial charge in [0.2, 0.25) is 0 Å². The molecule has 0 spiro atoms. The topological polar surface area (TPSA) is 23.5 Å². The van der Waals surface area contributed by atoms with Crippen molar-refractivity contribution in [3.63, 3.8) is 0 Å². The lowest BCUT2D eigenvalue weighted by Gasteiger charge is -2.25. The van der Waals surface area contributed by atoms with Crippen LogP contribution < -0.4 is 0 Å². The zero-order chi connectivity index (χ0) is 18.1. The maximum atomic E-state index is 10.6. The number of aliphatic hydroxyl groups is 1. The number of hydrogen-bond acceptors (Lipinski definition) is 2. The maximum absolute atomic E-state index is 10.6. The quantitative estimate of drug-likeness (QED) is 0.521. The highest BCUT2D eigenvalue weighted by Gasteiger charge is 2.13. The van der Waals surface area contributed by atoms with E-state index in [4.69, 9.17) is 0 Å². The molecule has 0 unspecified atom stereocenters. The number of aliphatic hydroxyl groups excluding tert-OH is 1. The zero-order valence-electron chi connectivity index (χ0n) is 15.4. The molecule has 1 atom stereocenters. The Hall–Kier alpha value is -1.16. The van der Waals surface area contributed by atoms with Gasteiger partial charge < -0.3 is 10.0 Å². The van der Waals surface area contributed by atoms with Crippen LogP contribution in [-0.2, 0) is 0 Å². The molecule has 25 heavy (non-hydrogen) atoms. The first-order valence-electron chi connectivity index (χ1n) is 9.40. The van der Waals surface area contributed by atoms with Gasteiger partial charge in [-0.25, -0.2) is 0 Å². The van der Waals surface area contributed by atoms with Crippen molar-refractivity contribution in [1.82, 2.24) is 4.90 Å². The number of benzene rings is 2. The summed E-state index contributed by atoms with van der Waals surface area (Å²) in [6.45, 7) is 7.30. The molecule has 2 aromatic rings. The highest BCUT2D eigenvalue weighted by Crippen LogP contribution is 2.24. The number of unbranched alkanes of at least 4 members (excludes halogenated alkanes) is 2. The Morgan fingerprint density at radius 2 is 1.32 bits per heavy atom. The molecule has 136 valence electrons. The van der Waals surface area contributed by atoms with Crippen molar-refractivity contribution in [3.05, 3.63) is 58.6 Å². The van der Waals surface area contributed by atoms with Crippen molar-refractivity contribution in [2.75, 3.05) is 19.6 Å². The Bertz CT molecular complexity index is 601. The van der Waals surface area contributed by atoms with E-state index in [9.17, 15) is 5.11 Å². The highest BCUT2D eigenvalue weighted by molar-refractivity contribution is 9.10. The van der Waals surface area contributed by atoms with E-state index in [2.05, 4.69) is 83.2 Å². The Morgan fingerprint density at radius 1 is 0.840 bits per heavy atom. The van der Waals surface area contributed by atoms with E-state index in [0.29, 0.717) is 0 Å². The molecule has 0 aliphatic heterocycles. The van der Waals surface area contributed by atoms with Gasteiger partial charge in [-0.2, -0.15) is 0 Å². The molecule has 0 radical (unpaired) electrons. The summed E-state index contributed by atoms with van der Waals surface area (Å²) < 4.78 is 1.09. The molecule has 0 heterocycles. The van der Waals surface area contributed by atoms with E-state index in [0.717, 1.165) is 29.7 Å². The van der Waals surface area contributed by atoms with Crippen LogP contribution in [0.15, 0.2) is 53.0 Å². The van der Waals surface area contributed by atoms with Crippen LogP contribution in [-0.4, -0.2) is 29.6 Å². The van der Waals surface area contributed by atoms with E-state index in [1.807, 2.05) is 0 Å². The summed E-state index contributed by atoms with van der Waals surface area (Å²) in [6.07, 6.45) is 4.35. The first-order valence-corrected chi connectivity index (χ1v) is 10.2. The molecule has 0 amide bonds. The van der Waals surface area contributed by atoms with Gasteiger partial charge in [0.1, 0.15) is 0 Å². The summed E-state index contributed by atoms with van der Waals surface area (Å²) in [7, 11) is 0. The molecule has 0 bridgehead atoms. The summed E-state index contributed by atoms with van der Waals surface area (Å²) >= 11 is 3.47. The Morgan fingerprint density at radius 3 is 1.80 bits per heavy atom. The van der Waals surface area contributed by atoms with Crippen molar-refractivity contribution in [2.24, 2.45) is 0 Å². The monoisotopic (exact) mass is 403 g/mol. The Labute approximate surface area is 161 Å². The molecule has 0 aliphatic rings. The van der Waals surface area contributed by atoms with Crippen LogP contribution >= 0.6 is 15.9 Å². The van der Waals surface area contributed by atoms with Crippen molar-refractivity contribution in [1.29, 1.82) is 0 Å². The average molecular weight is 404 g/mol.